The number of carbonyl (C=O) groups excluding carboxylic acids is 1. The van der Waals surface area contributed by atoms with Crippen LogP contribution >= 0.6 is 0 Å². The number of allylic oxidation sites excluding steroid dienone is 1. The highest BCUT2D eigenvalue weighted by Crippen LogP contribution is 2.32. The van der Waals surface area contributed by atoms with E-state index in [1.807, 2.05) is 0 Å². The van der Waals surface area contributed by atoms with Crippen molar-refractivity contribution in [1.82, 2.24) is 5.32 Å². The molecular formula is C31H55NO18. The topological polar surface area (TPSA) is 307 Å². The zero-order valence-electron chi connectivity index (χ0n) is 28.1. The third kappa shape index (κ3) is 11.0. The minimum absolute atomic E-state index is 0.371. The van der Waals surface area contributed by atoms with E-state index in [9.17, 15) is 61.0 Å². The number of rotatable bonds is 18. The van der Waals surface area contributed by atoms with Crippen LogP contribution < -0.4 is 5.32 Å². The van der Waals surface area contributed by atoms with E-state index < -0.39 is 130 Å². The number of carbonyl (C=O) groups is 1. The lowest BCUT2D eigenvalue weighted by Gasteiger charge is -2.48. The van der Waals surface area contributed by atoms with Crippen molar-refractivity contribution in [3.63, 3.8) is 0 Å². The Hall–Kier alpha value is -1.47. The molecule has 50 heavy (non-hydrogen) atoms. The summed E-state index contributed by atoms with van der Waals surface area (Å²) in [7, 11) is 0. The Bertz CT molecular complexity index is 1020. The van der Waals surface area contributed by atoms with Crippen LogP contribution in [-0.4, -0.2) is 193 Å². The van der Waals surface area contributed by atoms with Crippen molar-refractivity contribution in [1.29, 1.82) is 0 Å². The van der Waals surface area contributed by atoms with Gasteiger partial charge >= 0.3 is 0 Å². The van der Waals surface area contributed by atoms with E-state index in [1.54, 1.807) is 6.08 Å². The fourth-order valence-electron chi connectivity index (χ4n) is 5.92. The Morgan fingerprint density at radius 3 is 1.72 bits per heavy atom. The maximum Gasteiger partial charge on any atom is 0.217 e. The molecule has 0 spiro atoms. The summed E-state index contributed by atoms with van der Waals surface area (Å²) in [6.45, 7) is 0.553. The van der Waals surface area contributed by atoms with E-state index in [1.165, 1.54) is 13.0 Å². The van der Waals surface area contributed by atoms with Crippen LogP contribution in [0.4, 0.5) is 0 Å². The molecule has 3 heterocycles. The molecule has 1 amide bonds. The van der Waals surface area contributed by atoms with Gasteiger partial charge in [0.2, 0.25) is 5.91 Å². The molecule has 0 saturated carbocycles. The van der Waals surface area contributed by atoms with Gasteiger partial charge in [0.05, 0.1) is 38.6 Å². The first-order valence-corrected chi connectivity index (χ1v) is 16.9. The Labute approximate surface area is 289 Å². The first kappa shape index (κ1) is 42.9. The Kier molecular flexibility index (Phi) is 17.8. The van der Waals surface area contributed by atoms with Gasteiger partial charge in [-0.2, -0.15) is 0 Å². The highest BCUT2D eigenvalue weighted by Gasteiger charge is 2.53. The molecule has 17 atom stereocenters. The minimum Gasteiger partial charge on any atom is -0.394 e. The van der Waals surface area contributed by atoms with Gasteiger partial charge in [-0.3, -0.25) is 4.79 Å². The number of aliphatic hydroxyl groups excluding tert-OH is 11. The lowest BCUT2D eigenvalue weighted by Crippen LogP contribution is -2.66. The first-order chi connectivity index (χ1) is 23.8. The fourth-order valence-corrected chi connectivity index (χ4v) is 5.92. The van der Waals surface area contributed by atoms with E-state index in [-0.39, 0.29) is 6.61 Å². The molecule has 3 aliphatic heterocycles. The smallest absolute Gasteiger partial charge is 0.217 e. The standard InChI is InChI=1S/C31H55NO18/c1-3-4-5-6-7-8-9-16(37)15(32-14(2)36)13-45-29-25(43)22(40)27(18(11-34)47-29)50-31-26(44)23(41)28(19(12-35)48-31)49-30-24(42)21(39)20(38)17(10-33)46-30/h8-9,15-31,33-35,37-44H,3-7,10-13H2,1-2H3,(H,32,36)/b9-8+. The van der Waals surface area contributed by atoms with E-state index in [2.05, 4.69) is 12.2 Å². The molecule has 292 valence electrons. The minimum atomic E-state index is -1.97. The molecule has 19 heteroatoms. The lowest BCUT2D eigenvalue weighted by atomic mass is 9.96. The van der Waals surface area contributed by atoms with Gasteiger partial charge < -0.3 is 89.9 Å². The van der Waals surface area contributed by atoms with Gasteiger partial charge in [0.1, 0.15) is 73.2 Å². The molecule has 19 nitrogen and oxygen atoms in total. The third-order valence-corrected chi connectivity index (χ3v) is 8.87. The predicted molar refractivity (Wildman–Crippen MR) is 166 cm³/mol. The van der Waals surface area contributed by atoms with Crippen molar-refractivity contribution in [2.75, 3.05) is 26.4 Å². The number of hydrogen-bond acceptors (Lipinski definition) is 18. The maximum atomic E-state index is 11.8. The molecule has 0 aliphatic carbocycles. The summed E-state index contributed by atoms with van der Waals surface area (Å²) < 4.78 is 33.3. The van der Waals surface area contributed by atoms with Crippen LogP contribution in [0.25, 0.3) is 0 Å². The predicted octanol–water partition coefficient (Wildman–Crippen LogP) is -5.16. The average Bonchev–Trinajstić information content (AvgIpc) is 3.09. The largest absolute Gasteiger partial charge is 0.394 e. The van der Waals surface area contributed by atoms with Crippen molar-refractivity contribution in [2.24, 2.45) is 0 Å². The number of aliphatic hydroxyl groups is 11. The van der Waals surface area contributed by atoms with Gasteiger partial charge in [0.25, 0.3) is 0 Å². The first-order valence-electron chi connectivity index (χ1n) is 16.9. The van der Waals surface area contributed by atoms with Crippen molar-refractivity contribution < 1.29 is 89.4 Å². The summed E-state index contributed by atoms with van der Waals surface area (Å²) in [6.07, 6.45) is -18.5. The van der Waals surface area contributed by atoms with Crippen molar-refractivity contribution in [2.45, 2.75) is 150 Å². The van der Waals surface area contributed by atoms with Gasteiger partial charge in [-0.15, -0.1) is 0 Å². The summed E-state index contributed by atoms with van der Waals surface area (Å²) in [4.78, 5) is 11.8. The number of nitrogens with one attached hydrogen (secondary N) is 1. The van der Waals surface area contributed by atoms with E-state index in [4.69, 9.17) is 28.4 Å². The second-order valence-corrected chi connectivity index (χ2v) is 12.7. The Morgan fingerprint density at radius 2 is 1.20 bits per heavy atom. The Balaban J connectivity index is 1.63. The molecule has 3 saturated heterocycles. The normalized spacial score (nSPS) is 40.9. The summed E-state index contributed by atoms with van der Waals surface area (Å²) in [5.74, 6) is -0.462. The summed E-state index contributed by atoms with van der Waals surface area (Å²) in [5.41, 5.74) is 0. The molecule has 0 aromatic heterocycles. The molecule has 3 aliphatic rings. The second-order valence-electron chi connectivity index (χ2n) is 12.7. The summed E-state index contributed by atoms with van der Waals surface area (Å²) in [6, 6.07) is -0.963. The van der Waals surface area contributed by atoms with Gasteiger partial charge in [0, 0.05) is 6.92 Å². The second kappa shape index (κ2) is 20.7. The number of ether oxygens (including phenoxy) is 6. The van der Waals surface area contributed by atoms with Crippen LogP contribution in [0, 0.1) is 0 Å². The van der Waals surface area contributed by atoms with Crippen LogP contribution in [0.1, 0.15) is 46.0 Å². The zero-order chi connectivity index (χ0) is 37.1. The SMILES string of the molecule is CCCCCC/C=C/C(O)C(COC1OC(CO)C(OC2OC(CO)C(OC3OC(CO)C(O)C(O)C3O)C(O)C2O)C(O)C1O)NC(C)=O. The van der Waals surface area contributed by atoms with Crippen LogP contribution in [0.2, 0.25) is 0 Å². The van der Waals surface area contributed by atoms with Gasteiger partial charge in [0.15, 0.2) is 18.9 Å². The Morgan fingerprint density at radius 1 is 0.700 bits per heavy atom. The van der Waals surface area contributed by atoms with Crippen molar-refractivity contribution >= 4 is 5.91 Å². The lowest BCUT2D eigenvalue weighted by molar-refractivity contribution is -0.379. The molecule has 12 N–H and O–H groups in total. The fraction of sp³-hybridized carbons (Fsp3) is 0.903. The molecule has 0 bridgehead atoms. The number of amides is 1. The highest BCUT2D eigenvalue weighted by molar-refractivity contribution is 5.73. The van der Waals surface area contributed by atoms with Crippen LogP contribution in [-0.2, 0) is 33.2 Å². The average molecular weight is 730 g/mol. The highest BCUT2D eigenvalue weighted by atomic mass is 16.8. The monoisotopic (exact) mass is 729 g/mol. The van der Waals surface area contributed by atoms with Crippen molar-refractivity contribution in [3.8, 4) is 0 Å². The van der Waals surface area contributed by atoms with Gasteiger partial charge in [-0.1, -0.05) is 38.3 Å². The molecular weight excluding hydrogens is 674 g/mol. The zero-order valence-corrected chi connectivity index (χ0v) is 28.1. The number of hydrogen-bond donors (Lipinski definition) is 12. The van der Waals surface area contributed by atoms with Crippen LogP contribution in [0.15, 0.2) is 12.2 Å². The molecule has 0 aromatic carbocycles. The molecule has 3 fully saturated rings. The van der Waals surface area contributed by atoms with Gasteiger partial charge in [-0.05, 0) is 12.8 Å². The summed E-state index contributed by atoms with van der Waals surface area (Å²) >= 11 is 0. The molecule has 17 unspecified atom stereocenters. The maximum absolute atomic E-state index is 11.8. The molecule has 3 rings (SSSR count). The van der Waals surface area contributed by atoms with Crippen LogP contribution in [0.5, 0.6) is 0 Å². The van der Waals surface area contributed by atoms with E-state index in [0.29, 0.717) is 0 Å². The van der Waals surface area contributed by atoms with Gasteiger partial charge in [-0.25, -0.2) is 0 Å². The molecule has 0 aromatic rings. The third-order valence-electron chi connectivity index (χ3n) is 8.87. The van der Waals surface area contributed by atoms with Crippen molar-refractivity contribution in [3.05, 3.63) is 12.2 Å². The number of unbranched alkanes of at least 4 members (excludes halogenated alkanes) is 4. The van der Waals surface area contributed by atoms with E-state index >= 15 is 0 Å². The summed E-state index contributed by atoms with van der Waals surface area (Å²) in [5, 5.41) is 117. The van der Waals surface area contributed by atoms with Crippen LogP contribution in [0.3, 0.4) is 0 Å². The molecule has 0 radical (unpaired) electrons. The quantitative estimate of drug-likeness (QED) is 0.0464. The van der Waals surface area contributed by atoms with E-state index in [0.717, 1.165) is 32.1 Å².